The Morgan fingerprint density at radius 1 is 1.18 bits per heavy atom. The van der Waals surface area contributed by atoms with Gasteiger partial charge in [0.2, 0.25) is 0 Å². The van der Waals surface area contributed by atoms with E-state index in [1.54, 1.807) is 0 Å². The molecule has 2 nitrogen and oxygen atoms in total. The van der Waals surface area contributed by atoms with Crippen molar-refractivity contribution in [3.8, 4) is 0 Å². The Morgan fingerprint density at radius 3 is 2.29 bits per heavy atom. The van der Waals surface area contributed by atoms with Crippen molar-refractivity contribution in [2.75, 3.05) is 13.2 Å². The number of nitrogens with one attached hydrogen (secondary N) is 1. The van der Waals surface area contributed by atoms with Crippen LogP contribution in [-0.4, -0.2) is 25.3 Å². The van der Waals surface area contributed by atoms with Crippen LogP contribution in [0.15, 0.2) is 0 Å². The van der Waals surface area contributed by atoms with Gasteiger partial charge in [-0.2, -0.15) is 0 Å². The van der Waals surface area contributed by atoms with Gasteiger partial charge in [-0.3, -0.25) is 0 Å². The highest BCUT2D eigenvalue weighted by molar-refractivity contribution is 4.83. The van der Waals surface area contributed by atoms with E-state index in [1.807, 2.05) is 0 Å². The zero-order valence-electron chi connectivity index (χ0n) is 12.2. The van der Waals surface area contributed by atoms with E-state index in [9.17, 15) is 0 Å². The smallest absolute Gasteiger partial charge is 0.0750 e. The van der Waals surface area contributed by atoms with E-state index in [4.69, 9.17) is 4.74 Å². The number of ether oxygens (including phenoxy) is 1. The largest absolute Gasteiger partial charge is 0.377 e. The summed E-state index contributed by atoms with van der Waals surface area (Å²) in [6, 6.07) is 0.544. The monoisotopic (exact) mass is 241 g/mol. The number of hydrogen-bond acceptors (Lipinski definition) is 2. The van der Waals surface area contributed by atoms with E-state index in [2.05, 4.69) is 33.0 Å². The van der Waals surface area contributed by atoms with Gasteiger partial charge in [0, 0.05) is 12.6 Å². The lowest BCUT2D eigenvalue weighted by Gasteiger charge is -2.32. The Hall–Kier alpha value is -0.0800. The summed E-state index contributed by atoms with van der Waals surface area (Å²) in [5.41, 5.74) is 0. The molecule has 0 heterocycles. The molecule has 102 valence electrons. The third-order valence-corrected chi connectivity index (χ3v) is 3.94. The molecule has 0 amide bonds. The average Bonchev–Trinajstić information content (AvgIpc) is 2.78. The Balaban J connectivity index is 2.53. The van der Waals surface area contributed by atoms with E-state index in [0.717, 1.165) is 19.1 Å². The maximum atomic E-state index is 5.97. The first-order valence-electron chi connectivity index (χ1n) is 7.54. The number of rotatable bonds is 8. The van der Waals surface area contributed by atoms with Gasteiger partial charge in [-0.25, -0.2) is 0 Å². The molecule has 2 unspecified atom stereocenters. The van der Waals surface area contributed by atoms with Crippen molar-refractivity contribution in [2.24, 2.45) is 11.8 Å². The van der Waals surface area contributed by atoms with Gasteiger partial charge in [0.05, 0.1) is 6.10 Å². The average molecular weight is 241 g/mol. The highest BCUT2D eigenvalue weighted by Crippen LogP contribution is 2.30. The molecule has 0 spiro atoms. The zero-order chi connectivity index (χ0) is 12.7. The first-order chi connectivity index (χ1) is 8.19. The van der Waals surface area contributed by atoms with Gasteiger partial charge in [0.1, 0.15) is 0 Å². The molecule has 1 saturated carbocycles. The standard InChI is InChI=1S/C15H31NO/c1-5-16-14(11-13-9-7-8-10-13)15(12(3)4)17-6-2/h12-16H,5-11H2,1-4H3. The lowest BCUT2D eigenvalue weighted by molar-refractivity contribution is -0.00184. The van der Waals surface area contributed by atoms with Gasteiger partial charge in [-0.15, -0.1) is 0 Å². The summed E-state index contributed by atoms with van der Waals surface area (Å²) in [5.74, 6) is 1.53. The van der Waals surface area contributed by atoms with Gasteiger partial charge >= 0.3 is 0 Å². The predicted octanol–water partition coefficient (Wildman–Crippen LogP) is 3.61. The second-order valence-corrected chi connectivity index (χ2v) is 5.71. The van der Waals surface area contributed by atoms with Crippen LogP contribution >= 0.6 is 0 Å². The van der Waals surface area contributed by atoms with Gasteiger partial charge in [-0.05, 0) is 31.7 Å². The highest BCUT2D eigenvalue weighted by Gasteiger charge is 2.28. The van der Waals surface area contributed by atoms with E-state index in [-0.39, 0.29) is 0 Å². The second kappa shape index (κ2) is 8.10. The van der Waals surface area contributed by atoms with Gasteiger partial charge in [0.15, 0.2) is 0 Å². The molecule has 0 aromatic carbocycles. The molecule has 0 aromatic rings. The second-order valence-electron chi connectivity index (χ2n) is 5.71. The quantitative estimate of drug-likeness (QED) is 0.701. The lowest BCUT2D eigenvalue weighted by Crippen LogP contribution is -2.45. The minimum atomic E-state index is 0.376. The summed E-state index contributed by atoms with van der Waals surface area (Å²) in [6.07, 6.45) is 7.41. The van der Waals surface area contributed by atoms with Crippen LogP contribution in [-0.2, 0) is 4.74 Å². The maximum absolute atomic E-state index is 5.97. The van der Waals surface area contributed by atoms with Crippen LogP contribution in [0.4, 0.5) is 0 Å². The van der Waals surface area contributed by atoms with Gasteiger partial charge < -0.3 is 10.1 Å². The fourth-order valence-corrected chi connectivity index (χ4v) is 3.17. The molecule has 0 aromatic heterocycles. The van der Waals surface area contributed by atoms with Crippen molar-refractivity contribution in [3.05, 3.63) is 0 Å². The summed E-state index contributed by atoms with van der Waals surface area (Å²) in [5, 5.41) is 3.65. The van der Waals surface area contributed by atoms with E-state index >= 15 is 0 Å². The topological polar surface area (TPSA) is 21.3 Å². The molecule has 0 aliphatic heterocycles. The molecule has 0 radical (unpaired) electrons. The SMILES string of the molecule is CCNC(CC1CCCC1)C(OCC)C(C)C. The van der Waals surface area contributed by atoms with Gasteiger partial charge in [-0.1, -0.05) is 46.5 Å². The Labute approximate surface area is 108 Å². The predicted molar refractivity (Wildman–Crippen MR) is 74.3 cm³/mol. The Kier molecular flexibility index (Phi) is 7.14. The zero-order valence-corrected chi connectivity index (χ0v) is 12.2. The Morgan fingerprint density at radius 2 is 1.82 bits per heavy atom. The number of hydrogen-bond donors (Lipinski definition) is 1. The van der Waals surface area contributed by atoms with Gasteiger partial charge in [0.25, 0.3) is 0 Å². The van der Waals surface area contributed by atoms with E-state index in [0.29, 0.717) is 18.1 Å². The lowest BCUT2D eigenvalue weighted by atomic mass is 9.90. The minimum Gasteiger partial charge on any atom is -0.377 e. The number of likely N-dealkylation sites (N-methyl/N-ethyl adjacent to an activating group) is 1. The molecule has 1 fully saturated rings. The van der Waals surface area contributed by atoms with Crippen LogP contribution in [0.1, 0.15) is 59.8 Å². The third-order valence-electron chi connectivity index (χ3n) is 3.94. The molecule has 2 heteroatoms. The van der Waals surface area contributed by atoms with Crippen LogP contribution < -0.4 is 5.32 Å². The maximum Gasteiger partial charge on any atom is 0.0750 e. The fraction of sp³-hybridized carbons (Fsp3) is 1.00. The molecule has 0 bridgehead atoms. The molecule has 0 saturated heterocycles. The van der Waals surface area contributed by atoms with Crippen LogP contribution in [0.5, 0.6) is 0 Å². The molecule has 17 heavy (non-hydrogen) atoms. The van der Waals surface area contributed by atoms with Crippen LogP contribution in [0.3, 0.4) is 0 Å². The first kappa shape index (κ1) is 15.0. The summed E-state index contributed by atoms with van der Waals surface area (Å²) >= 11 is 0. The summed E-state index contributed by atoms with van der Waals surface area (Å²) < 4.78 is 5.97. The fourth-order valence-electron chi connectivity index (χ4n) is 3.17. The molecule has 1 aliphatic rings. The van der Waals surface area contributed by atoms with E-state index < -0.39 is 0 Å². The van der Waals surface area contributed by atoms with Crippen LogP contribution in [0, 0.1) is 11.8 Å². The Bertz CT molecular complexity index is 187. The van der Waals surface area contributed by atoms with Crippen LogP contribution in [0.2, 0.25) is 0 Å². The first-order valence-corrected chi connectivity index (χ1v) is 7.54. The summed E-state index contributed by atoms with van der Waals surface area (Å²) in [7, 11) is 0. The van der Waals surface area contributed by atoms with Crippen molar-refractivity contribution in [1.29, 1.82) is 0 Å². The third kappa shape index (κ3) is 4.97. The summed E-state index contributed by atoms with van der Waals surface area (Å²) in [6.45, 7) is 10.7. The van der Waals surface area contributed by atoms with Crippen molar-refractivity contribution < 1.29 is 4.74 Å². The van der Waals surface area contributed by atoms with Crippen molar-refractivity contribution in [2.45, 2.75) is 71.9 Å². The minimum absolute atomic E-state index is 0.376. The molecule has 1 aliphatic carbocycles. The molecule has 2 atom stereocenters. The van der Waals surface area contributed by atoms with Crippen molar-refractivity contribution >= 4 is 0 Å². The normalized spacial score (nSPS) is 21.0. The molecule has 1 N–H and O–H groups in total. The summed E-state index contributed by atoms with van der Waals surface area (Å²) in [4.78, 5) is 0. The highest BCUT2D eigenvalue weighted by atomic mass is 16.5. The van der Waals surface area contributed by atoms with Crippen molar-refractivity contribution in [3.63, 3.8) is 0 Å². The molecular formula is C15H31NO. The van der Waals surface area contributed by atoms with E-state index in [1.165, 1.54) is 32.1 Å². The van der Waals surface area contributed by atoms with Crippen molar-refractivity contribution in [1.82, 2.24) is 5.32 Å². The molecular weight excluding hydrogens is 210 g/mol. The molecule has 1 rings (SSSR count). The van der Waals surface area contributed by atoms with Crippen LogP contribution in [0.25, 0.3) is 0 Å².